The van der Waals surface area contributed by atoms with Crippen LogP contribution in [0.2, 0.25) is 0 Å². The molecule has 0 bridgehead atoms. The van der Waals surface area contributed by atoms with E-state index in [1.165, 1.54) is 0 Å². The summed E-state index contributed by atoms with van der Waals surface area (Å²) in [5.74, 6) is -0.852. The Morgan fingerprint density at radius 3 is 2.68 bits per heavy atom. The second kappa shape index (κ2) is 7.25. The lowest BCUT2D eigenvalue weighted by atomic mass is 10.1. The highest BCUT2D eigenvalue weighted by Gasteiger charge is 2.35. The van der Waals surface area contributed by atoms with Gasteiger partial charge in [-0.05, 0) is 31.2 Å². The van der Waals surface area contributed by atoms with Crippen LogP contribution >= 0.6 is 0 Å². The van der Waals surface area contributed by atoms with Crippen LogP contribution in [0, 0.1) is 6.92 Å². The Labute approximate surface area is 145 Å². The first kappa shape index (κ1) is 16.8. The molecule has 2 heterocycles. The molecule has 0 fully saturated rings. The maximum atomic E-state index is 12.3. The second-order valence-electron chi connectivity index (χ2n) is 5.98. The number of carbonyl (C=O) groups excluding carboxylic acids is 3. The molecular formula is C19H19N3O3. The topological polar surface area (TPSA) is 79.4 Å². The molecular weight excluding hydrogens is 318 g/mol. The summed E-state index contributed by atoms with van der Waals surface area (Å²) in [6, 6.07) is 10.8. The van der Waals surface area contributed by atoms with Crippen LogP contribution < -0.4 is 5.32 Å². The van der Waals surface area contributed by atoms with Crippen molar-refractivity contribution >= 4 is 17.7 Å². The Morgan fingerprint density at radius 2 is 1.92 bits per heavy atom. The van der Waals surface area contributed by atoms with E-state index in [1.807, 2.05) is 25.1 Å². The molecule has 2 aromatic rings. The van der Waals surface area contributed by atoms with Crippen molar-refractivity contribution in [2.24, 2.45) is 0 Å². The minimum Gasteiger partial charge on any atom is -0.356 e. The standard InChI is InChI=1S/C19H19N3O3/c1-13-5-6-15-16(12-13)19(25)22(18(15)24)11-8-17(23)21-10-7-14-4-2-3-9-20-14/h2-6,9,12H,7-8,10-11H2,1H3,(H,21,23). The van der Waals surface area contributed by atoms with Crippen LogP contribution in [0.4, 0.5) is 0 Å². The third-order valence-corrected chi connectivity index (χ3v) is 4.12. The zero-order chi connectivity index (χ0) is 17.8. The average Bonchev–Trinajstić information content (AvgIpc) is 2.84. The fraction of sp³-hybridized carbons (Fsp3) is 0.263. The molecule has 0 radical (unpaired) electrons. The number of carbonyl (C=O) groups is 3. The van der Waals surface area contributed by atoms with Gasteiger partial charge in [0.25, 0.3) is 11.8 Å². The SMILES string of the molecule is Cc1ccc2c(c1)C(=O)N(CCC(=O)NCCc1ccccn1)C2=O. The molecule has 1 aromatic heterocycles. The fourth-order valence-corrected chi connectivity index (χ4v) is 2.79. The quantitative estimate of drug-likeness (QED) is 0.814. The van der Waals surface area contributed by atoms with E-state index in [0.717, 1.165) is 16.2 Å². The molecule has 0 spiro atoms. The summed E-state index contributed by atoms with van der Waals surface area (Å²) in [6.45, 7) is 2.42. The normalized spacial score (nSPS) is 13.1. The van der Waals surface area contributed by atoms with Crippen LogP contribution in [0.15, 0.2) is 42.6 Å². The lowest BCUT2D eigenvalue weighted by Crippen LogP contribution is -2.35. The number of amides is 3. The summed E-state index contributed by atoms with van der Waals surface area (Å²) in [6.07, 6.45) is 2.44. The molecule has 1 aliphatic rings. The Hall–Kier alpha value is -3.02. The van der Waals surface area contributed by atoms with E-state index in [-0.39, 0.29) is 30.7 Å². The molecule has 6 heteroatoms. The van der Waals surface area contributed by atoms with E-state index in [1.54, 1.807) is 24.4 Å². The number of benzene rings is 1. The minimum absolute atomic E-state index is 0.0841. The van der Waals surface area contributed by atoms with Crippen LogP contribution in [-0.4, -0.2) is 40.7 Å². The second-order valence-corrected chi connectivity index (χ2v) is 5.98. The van der Waals surface area contributed by atoms with Crippen molar-refractivity contribution in [3.8, 4) is 0 Å². The first-order valence-corrected chi connectivity index (χ1v) is 8.19. The first-order valence-electron chi connectivity index (χ1n) is 8.19. The van der Waals surface area contributed by atoms with Crippen molar-refractivity contribution in [1.29, 1.82) is 0 Å². The highest BCUT2D eigenvalue weighted by atomic mass is 16.2. The molecule has 0 atom stereocenters. The number of nitrogens with zero attached hydrogens (tertiary/aromatic N) is 2. The number of imide groups is 1. The Bertz CT molecular complexity index is 818. The molecule has 0 aliphatic carbocycles. The monoisotopic (exact) mass is 337 g/mol. The lowest BCUT2D eigenvalue weighted by Gasteiger charge is -2.13. The fourth-order valence-electron chi connectivity index (χ4n) is 2.79. The molecule has 0 saturated heterocycles. The smallest absolute Gasteiger partial charge is 0.261 e. The molecule has 1 N–H and O–H groups in total. The number of fused-ring (bicyclic) bond motifs is 1. The third kappa shape index (κ3) is 3.74. The molecule has 0 saturated carbocycles. The Balaban J connectivity index is 1.49. The number of aryl methyl sites for hydroxylation is 1. The highest BCUT2D eigenvalue weighted by molar-refractivity contribution is 6.21. The summed E-state index contributed by atoms with van der Waals surface area (Å²) in [7, 11) is 0. The molecule has 25 heavy (non-hydrogen) atoms. The van der Waals surface area contributed by atoms with Crippen LogP contribution in [0.3, 0.4) is 0 Å². The average molecular weight is 337 g/mol. The third-order valence-electron chi connectivity index (χ3n) is 4.12. The molecule has 128 valence electrons. The number of nitrogens with one attached hydrogen (secondary N) is 1. The number of hydrogen-bond acceptors (Lipinski definition) is 4. The summed E-state index contributed by atoms with van der Waals surface area (Å²) >= 11 is 0. The van der Waals surface area contributed by atoms with Gasteiger partial charge in [0.15, 0.2) is 0 Å². The first-order chi connectivity index (χ1) is 12.1. The predicted molar refractivity (Wildman–Crippen MR) is 92.1 cm³/mol. The van der Waals surface area contributed by atoms with Gasteiger partial charge in [-0.3, -0.25) is 24.3 Å². The van der Waals surface area contributed by atoms with Gasteiger partial charge in [0.2, 0.25) is 5.91 Å². The van der Waals surface area contributed by atoms with Crippen LogP contribution in [0.5, 0.6) is 0 Å². The molecule has 1 aliphatic heterocycles. The van der Waals surface area contributed by atoms with Crippen molar-refractivity contribution in [1.82, 2.24) is 15.2 Å². The van der Waals surface area contributed by atoms with Gasteiger partial charge in [-0.15, -0.1) is 0 Å². The number of hydrogen-bond donors (Lipinski definition) is 1. The van der Waals surface area contributed by atoms with Gasteiger partial charge in [0.05, 0.1) is 11.1 Å². The van der Waals surface area contributed by atoms with E-state index in [9.17, 15) is 14.4 Å². The minimum atomic E-state index is -0.332. The van der Waals surface area contributed by atoms with Gasteiger partial charge in [-0.1, -0.05) is 17.7 Å². The largest absolute Gasteiger partial charge is 0.356 e. The Kier molecular flexibility index (Phi) is 4.88. The van der Waals surface area contributed by atoms with Gasteiger partial charge in [0.1, 0.15) is 0 Å². The molecule has 6 nitrogen and oxygen atoms in total. The molecule has 3 rings (SSSR count). The highest BCUT2D eigenvalue weighted by Crippen LogP contribution is 2.23. The van der Waals surface area contributed by atoms with E-state index in [0.29, 0.717) is 24.1 Å². The number of pyridine rings is 1. The van der Waals surface area contributed by atoms with E-state index in [4.69, 9.17) is 0 Å². The Morgan fingerprint density at radius 1 is 1.12 bits per heavy atom. The van der Waals surface area contributed by atoms with Gasteiger partial charge in [-0.2, -0.15) is 0 Å². The van der Waals surface area contributed by atoms with E-state index in [2.05, 4.69) is 10.3 Å². The van der Waals surface area contributed by atoms with Crippen LogP contribution in [0.25, 0.3) is 0 Å². The molecule has 3 amide bonds. The van der Waals surface area contributed by atoms with Gasteiger partial charge >= 0.3 is 0 Å². The maximum Gasteiger partial charge on any atom is 0.261 e. The van der Waals surface area contributed by atoms with Crippen molar-refractivity contribution < 1.29 is 14.4 Å². The summed E-state index contributed by atoms with van der Waals surface area (Å²) < 4.78 is 0. The van der Waals surface area contributed by atoms with Gasteiger partial charge < -0.3 is 5.32 Å². The lowest BCUT2D eigenvalue weighted by molar-refractivity contribution is -0.121. The van der Waals surface area contributed by atoms with Crippen molar-refractivity contribution in [2.75, 3.05) is 13.1 Å². The number of rotatable bonds is 6. The summed E-state index contributed by atoms with van der Waals surface area (Å²) in [4.78, 5) is 41.9. The van der Waals surface area contributed by atoms with E-state index >= 15 is 0 Å². The van der Waals surface area contributed by atoms with Crippen LogP contribution in [0.1, 0.15) is 38.4 Å². The predicted octanol–water partition coefficient (Wildman–Crippen LogP) is 1.74. The van der Waals surface area contributed by atoms with Gasteiger partial charge in [-0.25, -0.2) is 0 Å². The number of aromatic nitrogens is 1. The zero-order valence-corrected chi connectivity index (χ0v) is 14.0. The van der Waals surface area contributed by atoms with E-state index < -0.39 is 0 Å². The van der Waals surface area contributed by atoms with Gasteiger partial charge in [0, 0.05) is 37.8 Å². The van der Waals surface area contributed by atoms with Crippen LogP contribution in [-0.2, 0) is 11.2 Å². The van der Waals surface area contributed by atoms with Crippen molar-refractivity contribution in [3.05, 3.63) is 65.0 Å². The van der Waals surface area contributed by atoms with Crippen molar-refractivity contribution in [3.63, 3.8) is 0 Å². The summed E-state index contributed by atoms with van der Waals surface area (Å²) in [5.41, 5.74) is 2.65. The molecule has 0 unspecified atom stereocenters. The summed E-state index contributed by atoms with van der Waals surface area (Å²) in [5, 5.41) is 2.79. The zero-order valence-electron chi connectivity index (χ0n) is 14.0. The van der Waals surface area contributed by atoms with Crippen molar-refractivity contribution in [2.45, 2.75) is 19.8 Å². The maximum absolute atomic E-state index is 12.3. The molecule has 1 aromatic carbocycles.